The molecule has 1 atom stereocenters. The molecule has 1 N–H and O–H groups in total. The Balaban J connectivity index is 1.67. The molecule has 1 aromatic heterocycles. The first-order valence-corrected chi connectivity index (χ1v) is 8.07. The van der Waals surface area contributed by atoms with E-state index in [-0.39, 0.29) is 6.10 Å². The van der Waals surface area contributed by atoms with Gasteiger partial charge in [-0.25, -0.2) is 4.98 Å². The van der Waals surface area contributed by atoms with Gasteiger partial charge in [0.1, 0.15) is 5.75 Å². The maximum absolute atomic E-state index is 6.22. The molecule has 1 unspecified atom stereocenters. The van der Waals surface area contributed by atoms with Crippen molar-refractivity contribution in [3.8, 4) is 17.0 Å². The Hall–Kier alpha value is -1.77. The molecule has 1 aromatic carbocycles. The molecule has 0 bridgehead atoms. The van der Waals surface area contributed by atoms with Crippen LogP contribution in [0.1, 0.15) is 45.4 Å². The highest BCUT2D eigenvalue weighted by molar-refractivity contribution is 5.66. The molecule has 1 heterocycles. The predicted octanol–water partition coefficient (Wildman–Crippen LogP) is 4.81. The van der Waals surface area contributed by atoms with E-state index in [2.05, 4.69) is 23.0 Å². The van der Waals surface area contributed by atoms with Crippen LogP contribution in [0.25, 0.3) is 11.3 Å². The van der Waals surface area contributed by atoms with E-state index in [0.717, 1.165) is 29.3 Å². The van der Waals surface area contributed by atoms with E-state index in [0.29, 0.717) is 0 Å². The largest absolute Gasteiger partial charge is 0.490 e. The summed E-state index contributed by atoms with van der Waals surface area (Å²) in [5, 5.41) is 0. The number of nitrogens with zero attached hydrogens (tertiary/aromatic N) is 1. The molecule has 0 aliphatic heterocycles. The minimum absolute atomic E-state index is 0.261. The zero-order chi connectivity index (χ0) is 14.5. The van der Waals surface area contributed by atoms with Gasteiger partial charge in [-0.1, -0.05) is 44.2 Å². The molecular formula is C18H24N2O. The Morgan fingerprint density at radius 3 is 2.81 bits per heavy atom. The van der Waals surface area contributed by atoms with E-state index in [4.69, 9.17) is 4.74 Å². The fourth-order valence-electron chi connectivity index (χ4n) is 3.35. The zero-order valence-electron chi connectivity index (χ0n) is 12.7. The van der Waals surface area contributed by atoms with Crippen LogP contribution in [-0.4, -0.2) is 16.1 Å². The summed E-state index contributed by atoms with van der Waals surface area (Å²) in [5.74, 6) is 1.79. The van der Waals surface area contributed by atoms with Crippen molar-refractivity contribution >= 4 is 0 Å². The van der Waals surface area contributed by atoms with Gasteiger partial charge in [0.15, 0.2) is 0 Å². The normalized spacial score (nSPS) is 17.6. The van der Waals surface area contributed by atoms with E-state index in [1.54, 1.807) is 6.33 Å². The number of para-hydroxylation sites is 1. The number of nitrogens with one attached hydrogen (secondary N) is 1. The second-order valence-corrected chi connectivity index (χ2v) is 6.13. The van der Waals surface area contributed by atoms with Crippen LogP contribution in [0.5, 0.6) is 5.75 Å². The van der Waals surface area contributed by atoms with E-state index in [9.17, 15) is 0 Å². The molecular weight excluding hydrogens is 260 g/mol. The van der Waals surface area contributed by atoms with Crippen LogP contribution in [0.2, 0.25) is 0 Å². The van der Waals surface area contributed by atoms with Crippen molar-refractivity contribution in [1.82, 2.24) is 9.97 Å². The highest BCUT2D eigenvalue weighted by Gasteiger charge is 2.18. The fraction of sp³-hybridized carbons (Fsp3) is 0.500. The second-order valence-electron chi connectivity index (χ2n) is 6.13. The maximum Gasteiger partial charge on any atom is 0.129 e. The van der Waals surface area contributed by atoms with Gasteiger partial charge < -0.3 is 9.72 Å². The average Bonchev–Trinajstić information content (AvgIpc) is 3.03. The van der Waals surface area contributed by atoms with Gasteiger partial charge in [-0.05, 0) is 31.4 Å². The van der Waals surface area contributed by atoms with E-state index in [1.807, 2.05) is 24.4 Å². The van der Waals surface area contributed by atoms with Crippen LogP contribution in [0, 0.1) is 5.92 Å². The van der Waals surface area contributed by atoms with Crippen molar-refractivity contribution in [2.75, 3.05) is 0 Å². The average molecular weight is 284 g/mol. The first-order chi connectivity index (χ1) is 10.3. The van der Waals surface area contributed by atoms with Gasteiger partial charge in [-0.15, -0.1) is 0 Å². The number of hydrogen-bond acceptors (Lipinski definition) is 2. The summed E-state index contributed by atoms with van der Waals surface area (Å²) in [6.07, 6.45) is 11.9. The van der Waals surface area contributed by atoms with Gasteiger partial charge >= 0.3 is 0 Å². The summed E-state index contributed by atoms with van der Waals surface area (Å²) < 4.78 is 6.22. The summed E-state index contributed by atoms with van der Waals surface area (Å²) in [5.41, 5.74) is 2.10. The van der Waals surface area contributed by atoms with Crippen LogP contribution >= 0.6 is 0 Å². The Morgan fingerprint density at radius 1 is 1.24 bits per heavy atom. The molecule has 112 valence electrons. The van der Waals surface area contributed by atoms with Crippen molar-refractivity contribution in [2.24, 2.45) is 5.92 Å². The molecule has 1 fully saturated rings. The number of aromatic amines is 1. The fourth-order valence-corrected chi connectivity index (χ4v) is 3.35. The van der Waals surface area contributed by atoms with Crippen molar-refractivity contribution in [3.05, 3.63) is 36.8 Å². The lowest BCUT2D eigenvalue weighted by Crippen LogP contribution is -2.19. The molecule has 0 saturated heterocycles. The third kappa shape index (κ3) is 3.66. The summed E-state index contributed by atoms with van der Waals surface area (Å²) in [4.78, 5) is 7.26. The van der Waals surface area contributed by atoms with Crippen molar-refractivity contribution in [1.29, 1.82) is 0 Å². The number of hydrogen-bond donors (Lipinski definition) is 1. The molecule has 1 aliphatic carbocycles. The van der Waals surface area contributed by atoms with Gasteiger partial charge in [-0.3, -0.25) is 0 Å². The Bertz CT molecular complexity index is 544. The third-order valence-corrected chi connectivity index (χ3v) is 4.39. The van der Waals surface area contributed by atoms with Crippen molar-refractivity contribution in [2.45, 2.75) is 51.6 Å². The van der Waals surface area contributed by atoms with Crippen molar-refractivity contribution in [3.63, 3.8) is 0 Å². The SMILES string of the molecule is CC(CC1CCCCC1)Oc1ccccc1-c1cnc[nH]1. The summed E-state index contributed by atoms with van der Waals surface area (Å²) in [6, 6.07) is 8.20. The van der Waals surface area contributed by atoms with Crippen LogP contribution < -0.4 is 4.74 Å². The number of H-pyrrole nitrogens is 1. The molecule has 0 amide bonds. The van der Waals surface area contributed by atoms with Gasteiger partial charge in [-0.2, -0.15) is 0 Å². The Kier molecular flexibility index (Phi) is 4.59. The van der Waals surface area contributed by atoms with Crippen LogP contribution in [0.15, 0.2) is 36.8 Å². The van der Waals surface area contributed by atoms with Crippen LogP contribution in [0.3, 0.4) is 0 Å². The molecule has 3 nitrogen and oxygen atoms in total. The van der Waals surface area contributed by atoms with E-state index < -0.39 is 0 Å². The molecule has 21 heavy (non-hydrogen) atoms. The minimum Gasteiger partial charge on any atom is -0.490 e. The summed E-state index contributed by atoms with van der Waals surface area (Å²) >= 11 is 0. The van der Waals surface area contributed by atoms with E-state index in [1.165, 1.54) is 32.1 Å². The molecule has 1 saturated carbocycles. The lowest BCUT2D eigenvalue weighted by molar-refractivity contribution is 0.169. The summed E-state index contributed by atoms with van der Waals surface area (Å²) in [6.45, 7) is 2.19. The summed E-state index contributed by atoms with van der Waals surface area (Å²) in [7, 11) is 0. The molecule has 1 aliphatic rings. The van der Waals surface area contributed by atoms with Crippen molar-refractivity contribution < 1.29 is 4.74 Å². The number of ether oxygens (including phenoxy) is 1. The number of rotatable bonds is 5. The topological polar surface area (TPSA) is 37.9 Å². The lowest BCUT2D eigenvalue weighted by atomic mass is 9.85. The molecule has 2 aromatic rings. The predicted molar refractivity (Wildman–Crippen MR) is 85.3 cm³/mol. The van der Waals surface area contributed by atoms with Crippen LogP contribution in [0.4, 0.5) is 0 Å². The number of imidazole rings is 1. The smallest absolute Gasteiger partial charge is 0.129 e. The van der Waals surface area contributed by atoms with E-state index >= 15 is 0 Å². The lowest BCUT2D eigenvalue weighted by Gasteiger charge is -2.25. The monoisotopic (exact) mass is 284 g/mol. The first kappa shape index (κ1) is 14.2. The quantitative estimate of drug-likeness (QED) is 0.855. The first-order valence-electron chi connectivity index (χ1n) is 8.07. The van der Waals surface area contributed by atoms with Gasteiger partial charge in [0.25, 0.3) is 0 Å². The Morgan fingerprint density at radius 2 is 2.05 bits per heavy atom. The number of benzene rings is 1. The maximum atomic E-state index is 6.22. The second kappa shape index (κ2) is 6.79. The highest BCUT2D eigenvalue weighted by atomic mass is 16.5. The van der Waals surface area contributed by atoms with Gasteiger partial charge in [0, 0.05) is 5.56 Å². The van der Waals surface area contributed by atoms with Gasteiger partial charge in [0.2, 0.25) is 0 Å². The number of aromatic nitrogens is 2. The Labute approximate surface area is 126 Å². The van der Waals surface area contributed by atoms with Gasteiger partial charge in [0.05, 0.1) is 24.3 Å². The molecule has 0 radical (unpaired) electrons. The minimum atomic E-state index is 0.261. The molecule has 0 spiro atoms. The molecule has 3 heteroatoms. The zero-order valence-corrected chi connectivity index (χ0v) is 12.7. The van der Waals surface area contributed by atoms with Crippen LogP contribution in [-0.2, 0) is 0 Å². The molecule has 3 rings (SSSR count). The third-order valence-electron chi connectivity index (χ3n) is 4.39. The standard InChI is InChI=1S/C18H24N2O/c1-14(11-15-7-3-2-4-8-15)21-18-10-6-5-9-16(18)17-12-19-13-20-17/h5-6,9-10,12-15H,2-4,7-8,11H2,1H3,(H,19,20). The highest BCUT2D eigenvalue weighted by Crippen LogP contribution is 2.32.